The molecule has 14 heavy (non-hydrogen) atoms. The lowest BCUT2D eigenvalue weighted by Crippen LogP contribution is -2.18. The van der Waals surface area contributed by atoms with Crippen LogP contribution in [0.1, 0.15) is 6.42 Å². The van der Waals surface area contributed by atoms with Crippen LogP contribution in [0.15, 0.2) is 0 Å². The minimum atomic E-state index is -1.82. The van der Waals surface area contributed by atoms with Crippen LogP contribution in [0.5, 0.6) is 0 Å². The van der Waals surface area contributed by atoms with Gasteiger partial charge in [0.25, 0.3) is 0 Å². The van der Waals surface area contributed by atoms with E-state index in [1.807, 2.05) is 0 Å². The van der Waals surface area contributed by atoms with Crippen molar-refractivity contribution in [2.24, 2.45) is 11.7 Å². The Balaban J connectivity index is 0.000000255. The maximum atomic E-state index is 9.10. The number of likely N-dealkylation sites (tertiary alicyclic amines) is 1. The minimum Gasteiger partial charge on any atom is -0.473 e. The second kappa shape index (κ2) is 6.33. The Bertz CT molecular complexity index is 196. The molecule has 1 saturated heterocycles. The summed E-state index contributed by atoms with van der Waals surface area (Å²) in [6.07, 6.45) is 1.30. The van der Waals surface area contributed by atoms with E-state index in [0.717, 1.165) is 12.5 Å². The number of hydrogen-bond acceptors (Lipinski definition) is 4. The van der Waals surface area contributed by atoms with Gasteiger partial charge in [-0.2, -0.15) is 0 Å². The highest BCUT2D eigenvalue weighted by Gasteiger charge is 2.16. The van der Waals surface area contributed by atoms with E-state index < -0.39 is 11.9 Å². The highest BCUT2D eigenvalue weighted by Crippen LogP contribution is 2.11. The van der Waals surface area contributed by atoms with Crippen LogP contribution in [0.25, 0.3) is 0 Å². The Morgan fingerprint density at radius 1 is 1.43 bits per heavy atom. The largest absolute Gasteiger partial charge is 0.473 e. The van der Waals surface area contributed by atoms with Crippen LogP contribution in [0, 0.1) is 5.92 Å². The van der Waals surface area contributed by atoms with Crippen molar-refractivity contribution in [1.29, 1.82) is 0 Å². The highest BCUT2D eigenvalue weighted by atomic mass is 16.4. The van der Waals surface area contributed by atoms with Crippen molar-refractivity contribution in [2.75, 3.05) is 26.7 Å². The molecule has 1 aliphatic heterocycles. The van der Waals surface area contributed by atoms with Gasteiger partial charge in [-0.25, -0.2) is 9.59 Å². The highest BCUT2D eigenvalue weighted by molar-refractivity contribution is 6.27. The summed E-state index contributed by atoms with van der Waals surface area (Å²) in [5.74, 6) is -2.87. The quantitative estimate of drug-likeness (QED) is 0.476. The molecule has 1 atom stereocenters. The van der Waals surface area contributed by atoms with Gasteiger partial charge in [0.2, 0.25) is 0 Å². The van der Waals surface area contributed by atoms with Crippen LogP contribution in [-0.4, -0.2) is 53.7 Å². The molecule has 1 rings (SSSR count). The molecule has 1 heterocycles. The number of nitrogens with two attached hydrogens (primary N) is 1. The summed E-state index contributed by atoms with van der Waals surface area (Å²) < 4.78 is 0. The topological polar surface area (TPSA) is 104 Å². The lowest BCUT2D eigenvalue weighted by Gasteiger charge is -2.05. The zero-order valence-corrected chi connectivity index (χ0v) is 8.14. The molecule has 0 spiro atoms. The fraction of sp³-hybridized carbons (Fsp3) is 0.750. The second-order valence-electron chi connectivity index (χ2n) is 3.26. The van der Waals surface area contributed by atoms with Gasteiger partial charge in [0.1, 0.15) is 0 Å². The van der Waals surface area contributed by atoms with Gasteiger partial charge in [-0.05, 0) is 32.5 Å². The third-order valence-corrected chi connectivity index (χ3v) is 2.01. The van der Waals surface area contributed by atoms with Gasteiger partial charge in [0, 0.05) is 6.54 Å². The third-order valence-electron chi connectivity index (χ3n) is 2.01. The fourth-order valence-electron chi connectivity index (χ4n) is 1.22. The molecule has 0 bridgehead atoms. The number of rotatable bonds is 1. The molecule has 6 heteroatoms. The standard InChI is InChI=1S/C6H14N2.C2H2O4/c1-8-3-2-6(4-7)5-8;3-1(4)2(5)6/h6H,2-5,7H2,1H3;(H,3,4)(H,5,6). The molecular weight excluding hydrogens is 188 g/mol. The molecule has 0 aromatic carbocycles. The maximum absolute atomic E-state index is 9.10. The first-order valence-electron chi connectivity index (χ1n) is 4.32. The van der Waals surface area contributed by atoms with E-state index in [0.29, 0.717) is 0 Å². The fourth-order valence-corrected chi connectivity index (χ4v) is 1.22. The Hall–Kier alpha value is -1.14. The van der Waals surface area contributed by atoms with Crippen LogP contribution in [0.3, 0.4) is 0 Å². The van der Waals surface area contributed by atoms with Crippen molar-refractivity contribution >= 4 is 11.9 Å². The van der Waals surface area contributed by atoms with Crippen LogP contribution in [-0.2, 0) is 9.59 Å². The summed E-state index contributed by atoms with van der Waals surface area (Å²) in [5.41, 5.74) is 5.47. The molecule has 1 unspecified atom stereocenters. The average Bonchev–Trinajstić information content (AvgIpc) is 2.52. The summed E-state index contributed by atoms with van der Waals surface area (Å²) in [6.45, 7) is 3.31. The first kappa shape index (κ1) is 12.9. The number of aliphatic carboxylic acids is 2. The summed E-state index contributed by atoms with van der Waals surface area (Å²) in [7, 11) is 2.15. The molecule has 82 valence electrons. The van der Waals surface area contributed by atoms with Crippen LogP contribution in [0.2, 0.25) is 0 Å². The zero-order chi connectivity index (χ0) is 11.1. The molecule has 6 nitrogen and oxygen atoms in total. The van der Waals surface area contributed by atoms with E-state index >= 15 is 0 Å². The summed E-state index contributed by atoms with van der Waals surface area (Å²) in [6, 6.07) is 0. The monoisotopic (exact) mass is 204 g/mol. The first-order chi connectivity index (χ1) is 6.47. The van der Waals surface area contributed by atoms with Crippen molar-refractivity contribution in [3.8, 4) is 0 Å². The molecule has 4 N–H and O–H groups in total. The number of carboxylic acid groups (broad SMARTS) is 2. The van der Waals surface area contributed by atoms with E-state index in [9.17, 15) is 0 Å². The molecule has 0 saturated carbocycles. The van der Waals surface area contributed by atoms with Crippen molar-refractivity contribution in [1.82, 2.24) is 4.90 Å². The predicted molar refractivity (Wildman–Crippen MR) is 49.9 cm³/mol. The normalized spacial score (nSPS) is 21.1. The van der Waals surface area contributed by atoms with Crippen LogP contribution in [0.4, 0.5) is 0 Å². The van der Waals surface area contributed by atoms with Crippen molar-refractivity contribution in [3.63, 3.8) is 0 Å². The summed E-state index contributed by atoms with van der Waals surface area (Å²) in [5, 5.41) is 14.8. The van der Waals surface area contributed by atoms with Crippen molar-refractivity contribution in [2.45, 2.75) is 6.42 Å². The first-order valence-corrected chi connectivity index (χ1v) is 4.32. The minimum absolute atomic E-state index is 0.778. The average molecular weight is 204 g/mol. The van der Waals surface area contributed by atoms with Gasteiger partial charge in [0.15, 0.2) is 0 Å². The molecule has 0 aromatic rings. The van der Waals surface area contributed by atoms with E-state index in [-0.39, 0.29) is 0 Å². The van der Waals surface area contributed by atoms with Gasteiger partial charge in [-0.15, -0.1) is 0 Å². The third kappa shape index (κ3) is 5.50. The maximum Gasteiger partial charge on any atom is 0.414 e. The van der Waals surface area contributed by atoms with Gasteiger partial charge < -0.3 is 20.8 Å². The Morgan fingerprint density at radius 2 is 1.93 bits per heavy atom. The molecule has 0 aromatic heterocycles. The molecule has 0 radical (unpaired) electrons. The lowest BCUT2D eigenvalue weighted by atomic mass is 10.1. The predicted octanol–water partition coefficient (Wildman–Crippen LogP) is -0.948. The van der Waals surface area contributed by atoms with Crippen LogP contribution >= 0.6 is 0 Å². The summed E-state index contributed by atoms with van der Waals surface area (Å²) >= 11 is 0. The smallest absolute Gasteiger partial charge is 0.414 e. The van der Waals surface area contributed by atoms with Gasteiger partial charge >= 0.3 is 11.9 Å². The van der Waals surface area contributed by atoms with E-state index in [4.69, 9.17) is 25.5 Å². The van der Waals surface area contributed by atoms with Crippen molar-refractivity contribution < 1.29 is 19.8 Å². The Labute approximate surface area is 82.3 Å². The van der Waals surface area contributed by atoms with E-state index in [1.54, 1.807) is 0 Å². The van der Waals surface area contributed by atoms with Crippen molar-refractivity contribution in [3.05, 3.63) is 0 Å². The molecule has 1 aliphatic rings. The number of carboxylic acids is 2. The number of carbonyl (C=O) groups is 2. The second-order valence-corrected chi connectivity index (χ2v) is 3.26. The van der Waals surface area contributed by atoms with E-state index in [1.165, 1.54) is 19.5 Å². The van der Waals surface area contributed by atoms with E-state index in [2.05, 4.69) is 11.9 Å². The Morgan fingerprint density at radius 3 is 2.07 bits per heavy atom. The molecular formula is C8H16N2O4. The molecule has 0 amide bonds. The summed E-state index contributed by atoms with van der Waals surface area (Å²) in [4.78, 5) is 20.5. The van der Waals surface area contributed by atoms with Gasteiger partial charge in [-0.1, -0.05) is 0 Å². The number of hydrogen-bond donors (Lipinski definition) is 3. The Kier molecular flexibility index (Phi) is 5.82. The lowest BCUT2D eigenvalue weighted by molar-refractivity contribution is -0.159. The number of nitrogens with zero attached hydrogens (tertiary/aromatic N) is 1. The molecule has 1 fully saturated rings. The molecule has 0 aliphatic carbocycles. The SMILES string of the molecule is CN1CCC(CN)C1.O=C(O)C(=O)O. The van der Waals surface area contributed by atoms with Gasteiger partial charge in [-0.3, -0.25) is 0 Å². The van der Waals surface area contributed by atoms with Gasteiger partial charge in [0.05, 0.1) is 0 Å². The van der Waals surface area contributed by atoms with Crippen LogP contribution < -0.4 is 5.73 Å². The zero-order valence-electron chi connectivity index (χ0n) is 8.14.